The highest BCUT2D eigenvalue weighted by Crippen LogP contribution is 2.23. The molecule has 1 fully saturated rings. The molecule has 0 saturated carbocycles. The molecule has 1 aliphatic rings. The van der Waals surface area contributed by atoms with Gasteiger partial charge in [0.25, 0.3) is 0 Å². The summed E-state index contributed by atoms with van der Waals surface area (Å²) < 4.78 is 5.35. The minimum Gasteiger partial charge on any atom is -0.496 e. The van der Waals surface area contributed by atoms with E-state index in [1.807, 2.05) is 0 Å². The Bertz CT molecular complexity index is 386. The van der Waals surface area contributed by atoms with Gasteiger partial charge in [0.1, 0.15) is 5.75 Å². The molecular formula is C16H26N2O. The zero-order valence-corrected chi connectivity index (χ0v) is 12.2. The second-order valence-electron chi connectivity index (χ2n) is 5.31. The van der Waals surface area contributed by atoms with E-state index in [2.05, 4.69) is 35.8 Å². The van der Waals surface area contributed by atoms with Crippen molar-refractivity contribution in [2.75, 3.05) is 32.1 Å². The number of aryl methyl sites for hydroxylation is 1. The van der Waals surface area contributed by atoms with Crippen LogP contribution in [0.4, 0.5) is 5.69 Å². The molecule has 1 unspecified atom stereocenters. The van der Waals surface area contributed by atoms with Crippen LogP contribution in [0.2, 0.25) is 0 Å². The van der Waals surface area contributed by atoms with Gasteiger partial charge in [-0.25, -0.2) is 0 Å². The monoisotopic (exact) mass is 262 g/mol. The fraction of sp³-hybridized carbons (Fsp3) is 0.625. The van der Waals surface area contributed by atoms with E-state index in [4.69, 9.17) is 4.74 Å². The van der Waals surface area contributed by atoms with E-state index in [0.29, 0.717) is 0 Å². The maximum absolute atomic E-state index is 5.35. The number of anilines is 1. The predicted octanol–water partition coefficient (Wildman–Crippen LogP) is 3.06. The summed E-state index contributed by atoms with van der Waals surface area (Å²) in [4.78, 5) is 0. The molecular weight excluding hydrogens is 236 g/mol. The zero-order chi connectivity index (χ0) is 13.5. The number of nitrogens with one attached hydrogen (secondary N) is 2. The summed E-state index contributed by atoms with van der Waals surface area (Å²) in [5.41, 5.74) is 2.48. The van der Waals surface area contributed by atoms with E-state index in [1.54, 1.807) is 7.11 Å². The number of hydrogen-bond acceptors (Lipinski definition) is 3. The van der Waals surface area contributed by atoms with Crippen LogP contribution in [0.5, 0.6) is 5.75 Å². The molecule has 0 spiro atoms. The molecule has 3 heteroatoms. The Morgan fingerprint density at radius 3 is 3.00 bits per heavy atom. The smallest absolute Gasteiger partial charge is 0.122 e. The molecule has 0 radical (unpaired) electrons. The van der Waals surface area contributed by atoms with Crippen LogP contribution in [0.15, 0.2) is 18.2 Å². The fourth-order valence-corrected chi connectivity index (χ4v) is 2.76. The first-order valence-electron chi connectivity index (χ1n) is 7.45. The van der Waals surface area contributed by atoms with E-state index < -0.39 is 0 Å². The van der Waals surface area contributed by atoms with Crippen LogP contribution < -0.4 is 15.4 Å². The SMILES string of the molecule is CCc1cc(NCCC2CCCNC2)ccc1OC. The second kappa shape index (κ2) is 7.39. The third kappa shape index (κ3) is 4.13. The average molecular weight is 262 g/mol. The first kappa shape index (κ1) is 14.2. The normalized spacial score (nSPS) is 19.2. The molecule has 1 aliphatic heterocycles. The van der Waals surface area contributed by atoms with E-state index in [1.165, 1.54) is 43.6 Å². The lowest BCUT2D eigenvalue weighted by Crippen LogP contribution is -2.30. The lowest BCUT2D eigenvalue weighted by Gasteiger charge is -2.23. The molecule has 1 atom stereocenters. The van der Waals surface area contributed by atoms with Crippen LogP contribution >= 0.6 is 0 Å². The summed E-state index contributed by atoms with van der Waals surface area (Å²) in [7, 11) is 1.73. The molecule has 2 rings (SSSR count). The van der Waals surface area contributed by atoms with Crippen LogP contribution in [0, 0.1) is 5.92 Å². The highest BCUT2D eigenvalue weighted by Gasteiger charge is 2.12. The van der Waals surface area contributed by atoms with Crippen molar-refractivity contribution < 1.29 is 4.74 Å². The number of ether oxygens (including phenoxy) is 1. The maximum Gasteiger partial charge on any atom is 0.122 e. The van der Waals surface area contributed by atoms with E-state index >= 15 is 0 Å². The van der Waals surface area contributed by atoms with Gasteiger partial charge >= 0.3 is 0 Å². The molecule has 0 bridgehead atoms. The van der Waals surface area contributed by atoms with Crippen molar-refractivity contribution in [1.82, 2.24) is 5.32 Å². The van der Waals surface area contributed by atoms with Gasteiger partial charge in [-0.2, -0.15) is 0 Å². The van der Waals surface area contributed by atoms with Crippen molar-refractivity contribution in [2.45, 2.75) is 32.6 Å². The first-order chi connectivity index (χ1) is 9.33. The fourth-order valence-electron chi connectivity index (χ4n) is 2.76. The van der Waals surface area contributed by atoms with Gasteiger partial charge in [0.05, 0.1) is 7.11 Å². The average Bonchev–Trinajstić information content (AvgIpc) is 2.48. The topological polar surface area (TPSA) is 33.3 Å². The number of methoxy groups -OCH3 is 1. The van der Waals surface area contributed by atoms with Crippen molar-refractivity contribution >= 4 is 5.69 Å². The Balaban J connectivity index is 1.81. The summed E-state index contributed by atoms with van der Waals surface area (Å²) in [6, 6.07) is 6.37. The van der Waals surface area contributed by atoms with Gasteiger partial charge in [-0.05, 0) is 68.5 Å². The Kier molecular flexibility index (Phi) is 5.52. The third-order valence-corrected chi connectivity index (χ3v) is 3.94. The minimum absolute atomic E-state index is 0.838. The van der Waals surface area contributed by atoms with Gasteiger partial charge in [0.15, 0.2) is 0 Å². The molecule has 106 valence electrons. The van der Waals surface area contributed by atoms with E-state index in [9.17, 15) is 0 Å². The molecule has 2 N–H and O–H groups in total. The van der Waals surface area contributed by atoms with Crippen LogP contribution in [0.1, 0.15) is 31.7 Å². The van der Waals surface area contributed by atoms with Crippen LogP contribution in [0.25, 0.3) is 0 Å². The first-order valence-corrected chi connectivity index (χ1v) is 7.45. The maximum atomic E-state index is 5.35. The van der Waals surface area contributed by atoms with Crippen LogP contribution in [-0.4, -0.2) is 26.7 Å². The molecule has 3 nitrogen and oxygen atoms in total. The van der Waals surface area contributed by atoms with Gasteiger partial charge in [-0.15, -0.1) is 0 Å². The van der Waals surface area contributed by atoms with Gasteiger partial charge in [0.2, 0.25) is 0 Å². The largest absolute Gasteiger partial charge is 0.496 e. The van der Waals surface area contributed by atoms with Crippen molar-refractivity contribution in [1.29, 1.82) is 0 Å². The Morgan fingerprint density at radius 1 is 1.42 bits per heavy atom. The standard InChI is InChI=1S/C16H26N2O/c1-3-14-11-15(6-7-16(14)19-2)18-10-8-13-5-4-9-17-12-13/h6-7,11,13,17-18H,3-5,8-10,12H2,1-2H3. The van der Waals surface area contributed by atoms with Gasteiger partial charge < -0.3 is 15.4 Å². The highest BCUT2D eigenvalue weighted by molar-refractivity contribution is 5.51. The lowest BCUT2D eigenvalue weighted by atomic mass is 9.96. The quantitative estimate of drug-likeness (QED) is 0.826. The second-order valence-corrected chi connectivity index (χ2v) is 5.31. The Labute approximate surface area is 116 Å². The predicted molar refractivity (Wildman–Crippen MR) is 81.1 cm³/mol. The minimum atomic E-state index is 0.838. The van der Waals surface area contributed by atoms with Crippen molar-refractivity contribution in [3.8, 4) is 5.75 Å². The highest BCUT2D eigenvalue weighted by atomic mass is 16.5. The molecule has 1 aromatic rings. The number of hydrogen-bond donors (Lipinski definition) is 2. The molecule has 19 heavy (non-hydrogen) atoms. The number of piperidine rings is 1. The lowest BCUT2D eigenvalue weighted by molar-refractivity contribution is 0.364. The van der Waals surface area contributed by atoms with Crippen LogP contribution in [0.3, 0.4) is 0 Å². The Morgan fingerprint density at radius 2 is 2.32 bits per heavy atom. The summed E-state index contributed by atoms with van der Waals surface area (Å²) in [6.07, 6.45) is 4.95. The molecule has 1 heterocycles. The summed E-state index contributed by atoms with van der Waals surface area (Å²) in [5.74, 6) is 1.83. The molecule has 1 aromatic carbocycles. The van der Waals surface area contributed by atoms with Gasteiger partial charge in [0, 0.05) is 12.2 Å². The van der Waals surface area contributed by atoms with Crippen LogP contribution in [-0.2, 0) is 6.42 Å². The molecule has 0 aliphatic carbocycles. The number of rotatable bonds is 6. The molecule has 0 amide bonds. The Hall–Kier alpha value is -1.22. The van der Waals surface area contributed by atoms with Crippen molar-refractivity contribution in [2.24, 2.45) is 5.92 Å². The molecule has 0 aromatic heterocycles. The summed E-state index contributed by atoms with van der Waals surface area (Å²) in [5, 5.41) is 7.01. The summed E-state index contributed by atoms with van der Waals surface area (Å²) in [6.45, 7) is 5.60. The number of benzene rings is 1. The van der Waals surface area contributed by atoms with Crippen molar-refractivity contribution in [3.63, 3.8) is 0 Å². The van der Waals surface area contributed by atoms with Gasteiger partial charge in [-0.3, -0.25) is 0 Å². The van der Waals surface area contributed by atoms with E-state index in [-0.39, 0.29) is 0 Å². The third-order valence-electron chi connectivity index (χ3n) is 3.94. The molecule has 1 saturated heterocycles. The van der Waals surface area contributed by atoms with E-state index in [0.717, 1.165) is 24.6 Å². The zero-order valence-electron chi connectivity index (χ0n) is 12.2. The van der Waals surface area contributed by atoms with Crippen molar-refractivity contribution in [3.05, 3.63) is 23.8 Å². The van der Waals surface area contributed by atoms with Gasteiger partial charge in [-0.1, -0.05) is 6.92 Å². The summed E-state index contributed by atoms with van der Waals surface area (Å²) >= 11 is 0.